The summed E-state index contributed by atoms with van der Waals surface area (Å²) in [5.41, 5.74) is 3.12. The van der Waals surface area contributed by atoms with Crippen molar-refractivity contribution in [2.24, 2.45) is 5.41 Å². The monoisotopic (exact) mass is 292 g/mol. The number of carbonyl (C=O) groups is 1. The number of nitrogens with one attached hydrogen (secondary N) is 2. The standard InChI is InChI=1S/C16H24N2O3/c1-16(10-6-5-9-14(16)19)12-17-15(20)18-21-11-13-7-3-2-4-8-13/h2-4,7-8,14,19H,5-6,9-12H2,1H3,(H2,17,18,20). The summed E-state index contributed by atoms with van der Waals surface area (Å²) in [5, 5.41) is 12.8. The summed E-state index contributed by atoms with van der Waals surface area (Å²) < 4.78 is 0. The van der Waals surface area contributed by atoms with E-state index in [1.807, 2.05) is 37.3 Å². The van der Waals surface area contributed by atoms with Crippen LogP contribution in [0.25, 0.3) is 0 Å². The first-order valence-corrected chi connectivity index (χ1v) is 7.48. The van der Waals surface area contributed by atoms with Gasteiger partial charge in [-0.2, -0.15) is 0 Å². The number of aliphatic hydroxyl groups is 1. The van der Waals surface area contributed by atoms with Crippen LogP contribution in [-0.4, -0.2) is 23.8 Å². The molecule has 3 N–H and O–H groups in total. The summed E-state index contributed by atoms with van der Waals surface area (Å²) in [6.07, 6.45) is 3.55. The summed E-state index contributed by atoms with van der Waals surface area (Å²) in [6.45, 7) is 2.80. The Kier molecular flexibility index (Phi) is 5.59. The van der Waals surface area contributed by atoms with Crippen LogP contribution in [0.15, 0.2) is 30.3 Å². The van der Waals surface area contributed by atoms with Gasteiger partial charge in [0.15, 0.2) is 0 Å². The second-order valence-electron chi connectivity index (χ2n) is 5.97. The summed E-state index contributed by atoms with van der Waals surface area (Å²) >= 11 is 0. The lowest BCUT2D eigenvalue weighted by molar-refractivity contribution is 0.000481. The van der Waals surface area contributed by atoms with E-state index in [2.05, 4.69) is 10.8 Å². The van der Waals surface area contributed by atoms with Gasteiger partial charge in [-0.15, -0.1) is 0 Å². The molecule has 1 saturated carbocycles. The third kappa shape index (κ3) is 4.72. The molecular weight excluding hydrogens is 268 g/mol. The Morgan fingerprint density at radius 1 is 1.38 bits per heavy atom. The van der Waals surface area contributed by atoms with E-state index in [9.17, 15) is 9.90 Å². The van der Waals surface area contributed by atoms with Gasteiger partial charge in [0.1, 0.15) is 0 Å². The van der Waals surface area contributed by atoms with Gasteiger partial charge >= 0.3 is 6.03 Å². The van der Waals surface area contributed by atoms with Crippen LogP contribution in [-0.2, 0) is 11.4 Å². The zero-order valence-electron chi connectivity index (χ0n) is 12.5. The minimum Gasteiger partial charge on any atom is -0.392 e. The van der Waals surface area contributed by atoms with Crippen molar-refractivity contribution < 1.29 is 14.7 Å². The summed E-state index contributed by atoms with van der Waals surface area (Å²) in [6, 6.07) is 9.26. The average Bonchev–Trinajstić information content (AvgIpc) is 2.50. The largest absolute Gasteiger partial charge is 0.392 e. The lowest BCUT2D eigenvalue weighted by Gasteiger charge is -2.38. The normalized spacial score (nSPS) is 25.3. The van der Waals surface area contributed by atoms with Crippen molar-refractivity contribution >= 4 is 6.03 Å². The van der Waals surface area contributed by atoms with Gasteiger partial charge < -0.3 is 10.4 Å². The third-order valence-corrected chi connectivity index (χ3v) is 4.18. The molecule has 2 atom stereocenters. The highest BCUT2D eigenvalue weighted by Crippen LogP contribution is 2.35. The van der Waals surface area contributed by atoms with Gasteiger partial charge in [0, 0.05) is 12.0 Å². The molecule has 1 aliphatic rings. The maximum Gasteiger partial charge on any atom is 0.338 e. The molecule has 0 radical (unpaired) electrons. The molecule has 0 spiro atoms. The number of carbonyl (C=O) groups excluding carboxylic acids is 1. The number of hydrogen-bond acceptors (Lipinski definition) is 3. The Balaban J connectivity index is 1.67. The highest BCUT2D eigenvalue weighted by molar-refractivity contribution is 5.72. The van der Waals surface area contributed by atoms with Crippen LogP contribution < -0.4 is 10.8 Å². The highest BCUT2D eigenvalue weighted by Gasteiger charge is 2.35. The van der Waals surface area contributed by atoms with Crippen LogP contribution in [0.5, 0.6) is 0 Å². The van der Waals surface area contributed by atoms with Crippen molar-refractivity contribution in [1.29, 1.82) is 0 Å². The Morgan fingerprint density at radius 2 is 2.14 bits per heavy atom. The van der Waals surface area contributed by atoms with Crippen LogP contribution in [0, 0.1) is 5.41 Å². The molecule has 2 unspecified atom stereocenters. The SMILES string of the molecule is CC1(CNC(=O)NOCc2ccccc2)CCCCC1O. The quantitative estimate of drug-likeness (QED) is 0.730. The van der Waals surface area contributed by atoms with Crippen LogP contribution in [0.4, 0.5) is 4.79 Å². The first-order chi connectivity index (χ1) is 10.1. The predicted octanol–water partition coefficient (Wildman–Crippen LogP) is 2.36. The number of amides is 2. The van der Waals surface area contributed by atoms with Gasteiger partial charge in [-0.05, 0) is 18.4 Å². The fourth-order valence-electron chi connectivity index (χ4n) is 2.67. The van der Waals surface area contributed by atoms with Crippen molar-refractivity contribution in [2.45, 2.75) is 45.3 Å². The van der Waals surface area contributed by atoms with Crippen LogP contribution in [0.2, 0.25) is 0 Å². The Morgan fingerprint density at radius 3 is 2.86 bits per heavy atom. The van der Waals surface area contributed by atoms with E-state index in [1.165, 1.54) is 0 Å². The molecule has 0 saturated heterocycles. The fraction of sp³-hybridized carbons (Fsp3) is 0.562. The highest BCUT2D eigenvalue weighted by atomic mass is 16.7. The fourth-order valence-corrected chi connectivity index (χ4v) is 2.67. The first-order valence-electron chi connectivity index (χ1n) is 7.48. The second-order valence-corrected chi connectivity index (χ2v) is 5.97. The topological polar surface area (TPSA) is 70.6 Å². The Hall–Kier alpha value is -1.59. The van der Waals surface area contributed by atoms with E-state index in [-0.39, 0.29) is 17.6 Å². The molecule has 1 aromatic rings. The number of aliphatic hydroxyl groups excluding tert-OH is 1. The molecule has 0 heterocycles. The molecule has 2 rings (SSSR count). The number of hydrogen-bond donors (Lipinski definition) is 3. The van der Waals surface area contributed by atoms with Crippen molar-refractivity contribution in [3.63, 3.8) is 0 Å². The van der Waals surface area contributed by atoms with E-state index in [0.29, 0.717) is 13.2 Å². The number of urea groups is 1. The molecule has 2 amide bonds. The Labute approximate surface area is 125 Å². The van der Waals surface area contributed by atoms with Crippen molar-refractivity contribution in [3.05, 3.63) is 35.9 Å². The molecular formula is C16H24N2O3. The van der Waals surface area contributed by atoms with E-state index < -0.39 is 0 Å². The van der Waals surface area contributed by atoms with E-state index in [4.69, 9.17) is 4.84 Å². The van der Waals surface area contributed by atoms with Gasteiger partial charge in [-0.1, -0.05) is 50.1 Å². The molecule has 5 heteroatoms. The van der Waals surface area contributed by atoms with E-state index >= 15 is 0 Å². The smallest absolute Gasteiger partial charge is 0.338 e. The molecule has 1 aromatic carbocycles. The second kappa shape index (κ2) is 7.43. The van der Waals surface area contributed by atoms with Crippen LogP contribution >= 0.6 is 0 Å². The van der Waals surface area contributed by atoms with Crippen LogP contribution in [0.3, 0.4) is 0 Å². The van der Waals surface area contributed by atoms with E-state index in [0.717, 1.165) is 31.2 Å². The first kappa shape index (κ1) is 15.8. The summed E-state index contributed by atoms with van der Waals surface area (Å²) in [7, 11) is 0. The molecule has 0 aromatic heterocycles. The van der Waals surface area contributed by atoms with Gasteiger partial charge in [0.2, 0.25) is 0 Å². The molecule has 1 aliphatic carbocycles. The van der Waals surface area contributed by atoms with Gasteiger partial charge in [-0.25, -0.2) is 10.3 Å². The lowest BCUT2D eigenvalue weighted by Crippen LogP contribution is -2.47. The zero-order valence-corrected chi connectivity index (χ0v) is 12.5. The van der Waals surface area contributed by atoms with Gasteiger partial charge in [-0.3, -0.25) is 4.84 Å². The number of rotatable bonds is 5. The van der Waals surface area contributed by atoms with Gasteiger partial charge in [0.25, 0.3) is 0 Å². The summed E-state index contributed by atoms with van der Waals surface area (Å²) in [4.78, 5) is 16.9. The van der Waals surface area contributed by atoms with Crippen molar-refractivity contribution in [2.75, 3.05) is 6.54 Å². The third-order valence-electron chi connectivity index (χ3n) is 4.18. The maximum absolute atomic E-state index is 11.7. The van der Waals surface area contributed by atoms with Crippen molar-refractivity contribution in [3.8, 4) is 0 Å². The van der Waals surface area contributed by atoms with E-state index in [1.54, 1.807) is 0 Å². The molecule has 5 nitrogen and oxygen atoms in total. The lowest BCUT2D eigenvalue weighted by atomic mass is 9.73. The zero-order chi connectivity index (χ0) is 15.1. The predicted molar refractivity (Wildman–Crippen MR) is 80.3 cm³/mol. The molecule has 0 aliphatic heterocycles. The molecule has 0 bridgehead atoms. The van der Waals surface area contributed by atoms with Crippen molar-refractivity contribution in [1.82, 2.24) is 10.8 Å². The Bertz CT molecular complexity index is 452. The number of benzene rings is 1. The minimum atomic E-state index is -0.370. The maximum atomic E-state index is 11.7. The average molecular weight is 292 g/mol. The summed E-state index contributed by atoms with van der Waals surface area (Å²) in [5.74, 6) is 0. The molecule has 21 heavy (non-hydrogen) atoms. The molecule has 116 valence electrons. The van der Waals surface area contributed by atoms with Gasteiger partial charge in [0.05, 0.1) is 12.7 Å². The van der Waals surface area contributed by atoms with Crippen LogP contribution in [0.1, 0.15) is 38.2 Å². The number of hydroxylamine groups is 1. The molecule has 1 fully saturated rings. The minimum absolute atomic E-state index is 0.241.